The fraction of sp³-hybridized carbons (Fsp3) is 0. The number of nitrogens with zero attached hydrogens (tertiary/aromatic N) is 1. The number of benzene rings is 1. The van der Waals surface area contributed by atoms with E-state index in [9.17, 15) is 14.9 Å². The van der Waals surface area contributed by atoms with Crippen LogP contribution >= 0.6 is 15.9 Å². The van der Waals surface area contributed by atoms with Crippen LogP contribution in [0.1, 0.15) is 10.4 Å². The highest BCUT2D eigenvalue weighted by Gasteiger charge is 2.17. The molecule has 0 saturated carbocycles. The van der Waals surface area contributed by atoms with Gasteiger partial charge in [-0.25, -0.2) is 0 Å². The molecule has 1 aromatic carbocycles. The summed E-state index contributed by atoms with van der Waals surface area (Å²) in [5, 5.41) is 19.5. The number of carbonyl (C=O) groups is 1. The minimum absolute atomic E-state index is 0.00694. The van der Waals surface area contributed by atoms with Crippen molar-refractivity contribution in [2.24, 2.45) is 0 Å². The molecule has 0 fully saturated rings. The molecular formula is C7H4BrNO4. The molecule has 0 bridgehead atoms. The van der Waals surface area contributed by atoms with Crippen molar-refractivity contribution in [2.45, 2.75) is 0 Å². The van der Waals surface area contributed by atoms with Crippen LogP contribution in [0.15, 0.2) is 16.6 Å². The van der Waals surface area contributed by atoms with Gasteiger partial charge < -0.3 is 5.11 Å². The summed E-state index contributed by atoms with van der Waals surface area (Å²) < 4.78 is -0.00694. The van der Waals surface area contributed by atoms with Gasteiger partial charge in [0.2, 0.25) is 0 Å². The van der Waals surface area contributed by atoms with Gasteiger partial charge in [0.25, 0.3) is 5.69 Å². The number of aromatic hydroxyl groups is 1. The van der Waals surface area contributed by atoms with Crippen molar-refractivity contribution >= 4 is 27.9 Å². The molecule has 0 aliphatic heterocycles. The quantitative estimate of drug-likeness (QED) is 0.490. The SMILES string of the molecule is O=Cc1c(O)ccc([N+](=O)[O-])c1Br. The maximum atomic E-state index is 10.4. The van der Waals surface area contributed by atoms with E-state index in [0.29, 0.717) is 6.29 Å². The molecule has 0 saturated heterocycles. The first kappa shape index (κ1) is 9.66. The van der Waals surface area contributed by atoms with Gasteiger partial charge >= 0.3 is 0 Å². The average molecular weight is 246 g/mol. The van der Waals surface area contributed by atoms with Crippen LogP contribution in [-0.2, 0) is 0 Å². The van der Waals surface area contributed by atoms with E-state index in [1.807, 2.05) is 0 Å². The smallest absolute Gasteiger partial charge is 0.284 e. The van der Waals surface area contributed by atoms with Crippen molar-refractivity contribution in [2.75, 3.05) is 0 Å². The predicted molar refractivity (Wildman–Crippen MR) is 47.8 cm³/mol. The normalized spacial score (nSPS) is 9.62. The largest absolute Gasteiger partial charge is 0.507 e. The van der Waals surface area contributed by atoms with Gasteiger partial charge in [-0.3, -0.25) is 14.9 Å². The molecule has 0 atom stereocenters. The molecule has 13 heavy (non-hydrogen) atoms. The zero-order chi connectivity index (χ0) is 10.0. The summed E-state index contributed by atoms with van der Waals surface area (Å²) in [5.74, 6) is -0.285. The molecule has 1 N–H and O–H groups in total. The Kier molecular flexibility index (Phi) is 2.62. The first-order valence-corrected chi connectivity index (χ1v) is 3.98. The molecule has 0 radical (unpaired) electrons. The number of nitro benzene ring substituents is 1. The van der Waals surface area contributed by atoms with E-state index < -0.39 is 4.92 Å². The molecule has 0 aliphatic carbocycles. The minimum atomic E-state index is -0.642. The van der Waals surface area contributed by atoms with Gasteiger partial charge in [0.15, 0.2) is 6.29 Å². The molecular weight excluding hydrogens is 242 g/mol. The van der Waals surface area contributed by atoms with Crippen LogP contribution in [0.25, 0.3) is 0 Å². The van der Waals surface area contributed by atoms with E-state index in [4.69, 9.17) is 5.11 Å². The third-order valence-corrected chi connectivity index (χ3v) is 2.28. The summed E-state index contributed by atoms with van der Waals surface area (Å²) in [4.78, 5) is 20.1. The van der Waals surface area contributed by atoms with Gasteiger partial charge in [0.05, 0.1) is 10.5 Å². The van der Waals surface area contributed by atoms with E-state index in [2.05, 4.69) is 15.9 Å². The third kappa shape index (κ3) is 1.67. The molecule has 5 nitrogen and oxygen atoms in total. The van der Waals surface area contributed by atoms with E-state index in [1.54, 1.807) is 0 Å². The number of nitro groups is 1. The highest BCUT2D eigenvalue weighted by molar-refractivity contribution is 9.10. The van der Waals surface area contributed by atoms with Crippen molar-refractivity contribution in [1.82, 2.24) is 0 Å². The Bertz CT molecular complexity index is 377. The lowest BCUT2D eigenvalue weighted by Crippen LogP contribution is -1.93. The van der Waals surface area contributed by atoms with Crippen LogP contribution in [-0.4, -0.2) is 16.3 Å². The van der Waals surface area contributed by atoms with Crippen LogP contribution < -0.4 is 0 Å². The van der Waals surface area contributed by atoms with Gasteiger partial charge in [0, 0.05) is 6.07 Å². The fourth-order valence-electron chi connectivity index (χ4n) is 0.824. The first-order chi connectivity index (χ1) is 6.07. The van der Waals surface area contributed by atoms with Crippen LogP contribution in [0, 0.1) is 10.1 Å². The number of phenolic OH excluding ortho intramolecular Hbond substituents is 1. The molecule has 0 unspecified atom stereocenters. The summed E-state index contributed by atoms with van der Waals surface area (Å²) in [5.41, 5.74) is -0.367. The molecule has 1 aromatic rings. The number of phenols is 1. The Morgan fingerprint density at radius 3 is 2.62 bits per heavy atom. The van der Waals surface area contributed by atoms with Crippen molar-refractivity contribution in [1.29, 1.82) is 0 Å². The first-order valence-electron chi connectivity index (χ1n) is 3.19. The van der Waals surface area contributed by atoms with Gasteiger partial charge in [-0.1, -0.05) is 0 Å². The second-order valence-corrected chi connectivity index (χ2v) is 3.00. The van der Waals surface area contributed by atoms with Gasteiger partial charge in [0.1, 0.15) is 10.2 Å². The number of hydrogen-bond acceptors (Lipinski definition) is 4. The van der Waals surface area contributed by atoms with Gasteiger partial charge in [-0.2, -0.15) is 0 Å². The minimum Gasteiger partial charge on any atom is -0.507 e. The number of carbonyl (C=O) groups excluding carboxylic acids is 1. The standard InChI is InChI=1S/C7H4BrNO4/c8-7-4(3-10)6(11)2-1-5(7)9(12)13/h1-3,11H. The molecule has 0 aliphatic rings. The van der Waals surface area contributed by atoms with Crippen LogP contribution in [0.2, 0.25) is 0 Å². The summed E-state index contributed by atoms with van der Waals surface area (Å²) in [6.07, 6.45) is 0.354. The number of halogens is 1. The summed E-state index contributed by atoms with van der Waals surface area (Å²) in [7, 11) is 0. The Balaban J connectivity index is 3.44. The van der Waals surface area contributed by atoms with E-state index in [1.165, 1.54) is 0 Å². The van der Waals surface area contributed by atoms with Crippen LogP contribution in [0.4, 0.5) is 5.69 Å². The lowest BCUT2D eigenvalue weighted by molar-refractivity contribution is -0.385. The highest BCUT2D eigenvalue weighted by Crippen LogP contribution is 2.32. The maximum Gasteiger partial charge on any atom is 0.284 e. The van der Waals surface area contributed by atoms with E-state index >= 15 is 0 Å². The van der Waals surface area contributed by atoms with E-state index in [0.717, 1.165) is 12.1 Å². The molecule has 68 valence electrons. The predicted octanol–water partition coefficient (Wildman–Crippen LogP) is 1.88. The summed E-state index contributed by atoms with van der Waals surface area (Å²) in [6.45, 7) is 0. The second-order valence-electron chi connectivity index (χ2n) is 2.21. The van der Waals surface area contributed by atoms with Crippen molar-refractivity contribution in [3.05, 3.63) is 32.3 Å². The van der Waals surface area contributed by atoms with Crippen molar-refractivity contribution < 1.29 is 14.8 Å². The lowest BCUT2D eigenvalue weighted by Gasteiger charge is -2.00. The van der Waals surface area contributed by atoms with E-state index in [-0.39, 0.29) is 21.5 Å². The number of hydrogen-bond donors (Lipinski definition) is 1. The van der Waals surface area contributed by atoms with Gasteiger partial charge in [-0.05, 0) is 22.0 Å². The highest BCUT2D eigenvalue weighted by atomic mass is 79.9. The molecule has 0 aromatic heterocycles. The lowest BCUT2D eigenvalue weighted by atomic mass is 10.2. The molecule has 0 amide bonds. The summed E-state index contributed by atoms with van der Waals surface area (Å²) in [6, 6.07) is 2.22. The Hall–Kier alpha value is -1.43. The average Bonchev–Trinajstić information content (AvgIpc) is 2.04. The van der Waals surface area contributed by atoms with Crippen LogP contribution in [0.5, 0.6) is 5.75 Å². The Morgan fingerprint density at radius 1 is 1.54 bits per heavy atom. The number of aldehydes is 1. The van der Waals surface area contributed by atoms with Crippen molar-refractivity contribution in [3.63, 3.8) is 0 Å². The zero-order valence-corrected chi connectivity index (χ0v) is 7.82. The second kappa shape index (κ2) is 3.53. The molecule has 0 heterocycles. The topological polar surface area (TPSA) is 80.4 Å². The third-order valence-electron chi connectivity index (χ3n) is 1.45. The van der Waals surface area contributed by atoms with Crippen LogP contribution in [0.3, 0.4) is 0 Å². The Morgan fingerprint density at radius 2 is 2.15 bits per heavy atom. The summed E-state index contributed by atoms with van der Waals surface area (Å²) >= 11 is 2.86. The fourth-order valence-corrected chi connectivity index (χ4v) is 1.40. The molecule has 1 rings (SSSR count). The number of rotatable bonds is 2. The van der Waals surface area contributed by atoms with Crippen molar-refractivity contribution in [3.8, 4) is 5.75 Å². The maximum absolute atomic E-state index is 10.4. The zero-order valence-electron chi connectivity index (χ0n) is 6.23. The molecule has 0 spiro atoms. The Labute approximate surface area is 81.3 Å². The monoisotopic (exact) mass is 245 g/mol. The molecule has 6 heteroatoms. The van der Waals surface area contributed by atoms with Gasteiger partial charge in [-0.15, -0.1) is 0 Å².